The second kappa shape index (κ2) is 5.90. The van der Waals surface area contributed by atoms with E-state index < -0.39 is 0 Å². The highest BCUT2D eigenvalue weighted by Crippen LogP contribution is 2.33. The van der Waals surface area contributed by atoms with Crippen LogP contribution in [0.5, 0.6) is 5.75 Å². The molecule has 0 aromatic heterocycles. The van der Waals surface area contributed by atoms with E-state index in [4.69, 9.17) is 4.74 Å². The monoisotopic (exact) mass is 273 g/mol. The van der Waals surface area contributed by atoms with Gasteiger partial charge in [-0.25, -0.2) is 0 Å². The summed E-state index contributed by atoms with van der Waals surface area (Å²) in [5.41, 5.74) is 2.00. The van der Waals surface area contributed by atoms with Gasteiger partial charge in [-0.2, -0.15) is 0 Å². The van der Waals surface area contributed by atoms with Gasteiger partial charge in [0.2, 0.25) is 5.91 Å². The Morgan fingerprint density at radius 1 is 1.35 bits per heavy atom. The van der Waals surface area contributed by atoms with Crippen molar-refractivity contribution in [2.75, 3.05) is 11.9 Å². The minimum absolute atomic E-state index is 0.00845. The number of carbonyl (C=O) groups excluding carboxylic acids is 2. The van der Waals surface area contributed by atoms with Crippen LogP contribution in [0.25, 0.3) is 0 Å². The summed E-state index contributed by atoms with van der Waals surface area (Å²) in [6.45, 7) is 7.52. The molecule has 0 atom stereocenters. The highest BCUT2D eigenvalue weighted by molar-refractivity contribution is 5.99. The molecule has 1 aromatic rings. The Hall–Kier alpha value is -2.10. The summed E-state index contributed by atoms with van der Waals surface area (Å²) in [6.07, 6.45) is 1.86. The SMILES string of the molecule is C=C(C)COc1ccc(C(C)=O)cc1NC(=O)C1CC1. The lowest BCUT2D eigenvalue weighted by atomic mass is 10.1. The molecule has 0 aliphatic heterocycles. The van der Waals surface area contributed by atoms with Crippen LogP contribution in [0.4, 0.5) is 5.69 Å². The minimum Gasteiger partial charge on any atom is -0.487 e. The number of ether oxygens (including phenoxy) is 1. The van der Waals surface area contributed by atoms with Crippen LogP contribution in [0.2, 0.25) is 0 Å². The van der Waals surface area contributed by atoms with Gasteiger partial charge in [0.15, 0.2) is 5.78 Å². The highest BCUT2D eigenvalue weighted by Gasteiger charge is 2.30. The molecule has 0 spiro atoms. The molecule has 1 aliphatic rings. The normalized spacial score (nSPS) is 13.7. The van der Waals surface area contributed by atoms with Crippen molar-refractivity contribution < 1.29 is 14.3 Å². The second-order valence-corrected chi connectivity index (χ2v) is 5.28. The maximum atomic E-state index is 11.9. The van der Waals surface area contributed by atoms with Crippen LogP contribution < -0.4 is 10.1 Å². The first-order valence-electron chi connectivity index (χ1n) is 6.70. The molecule has 20 heavy (non-hydrogen) atoms. The fourth-order valence-corrected chi connectivity index (χ4v) is 1.75. The van der Waals surface area contributed by atoms with Crippen LogP contribution in [0.15, 0.2) is 30.4 Å². The average Bonchev–Trinajstić information content (AvgIpc) is 3.21. The van der Waals surface area contributed by atoms with Gasteiger partial charge in [0.1, 0.15) is 12.4 Å². The van der Waals surface area contributed by atoms with Crippen LogP contribution in [-0.4, -0.2) is 18.3 Å². The third-order valence-corrected chi connectivity index (χ3v) is 3.07. The number of carbonyl (C=O) groups is 2. The van der Waals surface area contributed by atoms with Gasteiger partial charge in [0, 0.05) is 11.5 Å². The van der Waals surface area contributed by atoms with Gasteiger partial charge >= 0.3 is 0 Å². The molecular formula is C16H19NO3. The first-order valence-corrected chi connectivity index (χ1v) is 6.70. The molecule has 1 aliphatic carbocycles. The van der Waals surface area contributed by atoms with Gasteiger partial charge in [-0.3, -0.25) is 9.59 Å². The Balaban J connectivity index is 2.21. The van der Waals surface area contributed by atoms with Crippen LogP contribution in [-0.2, 0) is 4.79 Å². The summed E-state index contributed by atoms with van der Waals surface area (Å²) in [5, 5.41) is 2.85. The van der Waals surface area contributed by atoms with E-state index in [2.05, 4.69) is 11.9 Å². The Kier molecular flexibility index (Phi) is 4.23. The molecule has 4 nitrogen and oxygen atoms in total. The number of Topliss-reactive ketones (excluding diaryl/α,β-unsaturated/α-hetero) is 1. The lowest BCUT2D eigenvalue weighted by Gasteiger charge is -2.13. The van der Waals surface area contributed by atoms with Crippen LogP contribution in [0.3, 0.4) is 0 Å². The Morgan fingerprint density at radius 2 is 2.05 bits per heavy atom. The number of benzene rings is 1. The lowest BCUT2D eigenvalue weighted by molar-refractivity contribution is -0.117. The molecule has 0 radical (unpaired) electrons. The molecule has 2 rings (SSSR count). The summed E-state index contributed by atoms with van der Waals surface area (Å²) in [6, 6.07) is 5.07. The fourth-order valence-electron chi connectivity index (χ4n) is 1.75. The zero-order valence-electron chi connectivity index (χ0n) is 11.9. The molecule has 0 unspecified atom stereocenters. The summed E-state index contributed by atoms with van der Waals surface area (Å²) < 4.78 is 5.61. The number of nitrogens with one attached hydrogen (secondary N) is 1. The van der Waals surface area contributed by atoms with E-state index in [1.54, 1.807) is 18.2 Å². The van der Waals surface area contributed by atoms with Gasteiger partial charge < -0.3 is 10.1 Å². The van der Waals surface area contributed by atoms with E-state index in [0.717, 1.165) is 18.4 Å². The quantitative estimate of drug-likeness (QED) is 0.639. The maximum Gasteiger partial charge on any atom is 0.227 e. The van der Waals surface area contributed by atoms with E-state index >= 15 is 0 Å². The summed E-state index contributed by atoms with van der Waals surface area (Å²) >= 11 is 0. The van der Waals surface area contributed by atoms with Crippen LogP contribution >= 0.6 is 0 Å². The smallest absolute Gasteiger partial charge is 0.227 e. The van der Waals surface area contributed by atoms with Crippen molar-refractivity contribution in [1.29, 1.82) is 0 Å². The maximum absolute atomic E-state index is 11.9. The van der Waals surface area contributed by atoms with Crippen molar-refractivity contribution in [3.63, 3.8) is 0 Å². The van der Waals surface area contributed by atoms with Crippen molar-refractivity contribution in [3.8, 4) is 5.75 Å². The predicted octanol–water partition coefficient (Wildman–Crippen LogP) is 3.19. The van der Waals surface area contributed by atoms with Crippen LogP contribution in [0.1, 0.15) is 37.0 Å². The van der Waals surface area contributed by atoms with E-state index in [1.807, 2.05) is 6.92 Å². The van der Waals surface area contributed by atoms with E-state index in [9.17, 15) is 9.59 Å². The van der Waals surface area contributed by atoms with Crippen molar-refractivity contribution in [3.05, 3.63) is 35.9 Å². The second-order valence-electron chi connectivity index (χ2n) is 5.28. The first-order chi connectivity index (χ1) is 9.47. The summed E-state index contributed by atoms with van der Waals surface area (Å²) in [4.78, 5) is 23.3. The fraction of sp³-hybridized carbons (Fsp3) is 0.375. The Morgan fingerprint density at radius 3 is 2.60 bits per heavy atom. The lowest BCUT2D eigenvalue weighted by Crippen LogP contribution is -2.15. The minimum atomic E-state index is -0.0432. The van der Waals surface area contributed by atoms with Crippen molar-refractivity contribution in [2.24, 2.45) is 5.92 Å². The van der Waals surface area contributed by atoms with E-state index in [-0.39, 0.29) is 17.6 Å². The molecule has 0 saturated heterocycles. The molecule has 1 N–H and O–H groups in total. The summed E-state index contributed by atoms with van der Waals surface area (Å²) in [5.74, 6) is 0.612. The van der Waals surface area contributed by atoms with E-state index in [1.165, 1.54) is 6.92 Å². The van der Waals surface area contributed by atoms with Gasteiger partial charge in [-0.15, -0.1) is 0 Å². The molecule has 1 fully saturated rings. The van der Waals surface area contributed by atoms with Gasteiger partial charge in [-0.1, -0.05) is 6.58 Å². The number of amides is 1. The third-order valence-electron chi connectivity index (χ3n) is 3.07. The van der Waals surface area contributed by atoms with Crippen LogP contribution in [0, 0.1) is 5.92 Å². The molecule has 1 saturated carbocycles. The molecule has 1 aromatic carbocycles. The number of hydrogen-bond donors (Lipinski definition) is 1. The van der Waals surface area contributed by atoms with Crippen molar-refractivity contribution in [1.82, 2.24) is 0 Å². The standard InChI is InChI=1S/C16H19NO3/c1-10(2)9-20-15-7-6-13(11(3)18)8-14(15)17-16(19)12-4-5-12/h6-8,12H,1,4-5,9H2,2-3H3,(H,17,19). The molecule has 0 heterocycles. The zero-order chi connectivity index (χ0) is 14.7. The van der Waals surface area contributed by atoms with Gasteiger partial charge in [0.05, 0.1) is 5.69 Å². The Labute approximate surface area is 118 Å². The van der Waals surface area contributed by atoms with Crippen molar-refractivity contribution >= 4 is 17.4 Å². The highest BCUT2D eigenvalue weighted by atomic mass is 16.5. The topological polar surface area (TPSA) is 55.4 Å². The predicted molar refractivity (Wildman–Crippen MR) is 78.1 cm³/mol. The molecule has 106 valence electrons. The number of anilines is 1. The zero-order valence-corrected chi connectivity index (χ0v) is 11.9. The molecule has 4 heteroatoms. The Bertz CT molecular complexity index is 559. The number of hydrogen-bond acceptors (Lipinski definition) is 3. The van der Waals surface area contributed by atoms with E-state index in [0.29, 0.717) is 23.6 Å². The van der Waals surface area contributed by atoms with Gasteiger partial charge in [0.25, 0.3) is 0 Å². The number of rotatable bonds is 6. The average molecular weight is 273 g/mol. The molecular weight excluding hydrogens is 254 g/mol. The first kappa shape index (κ1) is 14.3. The number of ketones is 1. The van der Waals surface area contributed by atoms with Crippen molar-refractivity contribution in [2.45, 2.75) is 26.7 Å². The molecule has 1 amide bonds. The largest absolute Gasteiger partial charge is 0.487 e. The molecule has 0 bridgehead atoms. The third kappa shape index (κ3) is 3.70. The van der Waals surface area contributed by atoms with Gasteiger partial charge in [-0.05, 0) is 50.5 Å². The summed E-state index contributed by atoms with van der Waals surface area (Å²) in [7, 11) is 0.